The molecule has 156 valence electrons. The largest absolute Gasteiger partial charge is 0.498 e. The highest BCUT2D eigenvalue weighted by Crippen LogP contribution is 2.35. The highest BCUT2D eigenvalue weighted by Gasteiger charge is 2.34. The van der Waals surface area contributed by atoms with E-state index in [1.54, 1.807) is 0 Å². The predicted molar refractivity (Wildman–Crippen MR) is 120 cm³/mol. The summed E-state index contributed by atoms with van der Waals surface area (Å²) in [7, 11) is 0. The number of hydrogen-bond donors (Lipinski definition) is 0. The molecule has 1 aliphatic carbocycles. The fourth-order valence-corrected chi connectivity index (χ4v) is 3.97. The number of alkyl halides is 1. The van der Waals surface area contributed by atoms with Gasteiger partial charge in [-0.1, -0.05) is 74.0 Å². The molecule has 0 fully saturated rings. The van der Waals surface area contributed by atoms with Crippen LogP contribution in [0.25, 0.3) is 0 Å². The lowest BCUT2D eigenvalue weighted by Crippen LogP contribution is -2.30. The van der Waals surface area contributed by atoms with E-state index >= 15 is 0 Å². The van der Waals surface area contributed by atoms with Crippen LogP contribution in [0, 0.1) is 5.41 Å². The molecule has 0 saturated heterocycles. The number of unbranched alkanes of at least 4 members (excludes halogenated alkanes) is 9. The molecule has 0 amide bonds. The Morgan fingerprint density at radius 1 is 0.926 bits per heavy atom. The molecule has 0 N–H and O–H groups in total. The minimum absolute atomic E-state index is 0.213. The molecule has 0 spiro atoms. The van der Waals surface area contributed by atoms with Gasteiger partial charge in [-0.15, -0.1) is 0 Å². The molecule has 0 aromatic heterocycles. The number of Topliss-reactive ketones (excluding diaryl/α,β-unsaturated/α-hetero) is 1. The van der Waals surface area contributed by atoms with Crippen LogP contribution in [0.15, 0.2) is 23.5 Å². The molecular weight excluding hydrogens is 400 g/mol. The van der Waals surface area contributed by atoms with E-state index in [4.69, 9.17) is 4.74 Å². The third-order valence-corrected chi connectivity index (χ3v) is 6.12. The Bertz CT molecular complexity index is 477. The highest BCUT2D eigenvalue weighted by atomic mass is 79.9. The van der Waals surface area contributed by atoms with Gasteiger partial charge in [0.05, 0.1) is 6.61 Å². The van der Waals surface area contributed by atoms with Crippen molar-refractivity contribution >= 4 is 21.7 Å². The van der Waals surface area contributed by atoms with Crippen molar-refractivity contribution in [2.24, 2.45) is 5.41 Å². The van der Waals surface area contributed by atoms with Crippen LogP contribution in [0.3, 0.4) is 0 Å². The SMILES string of the molecule is CC1=C(OCCCC/C=C\CCCCCCCCCBr)CCC(C)(C)C1=O. The van der Waals surface area contributed by atoms with Gasteiger partial charge < -0.3 is 4.74 Å². The van der Waals surface area contributed by atoms with Crippen LogP contribution in [0.5, 0.6) is 0 Å². The number of ketones is 1. The van der Waals surface area contributed by atoms with E-state index in [9.17, 15) is 4.79 Å². The van der Waals surface area contributed by atoms with Gasteiger partial charge in [0.15, 0.2) is 5.78 Å². The van der Waals surface area contributed by atoms with Crippen molar-refractivity contribution in [3.05, 3.63) is 23.5 Å². The summed E-state index contributed by atoms with van der Waals surface area (Å²) in [5, 5.41) is 1.15. The Balaban J connectivity index is 1.96. The topological polar surface area (TPSA) is 26.3 Å². The van der Waals surface area contributed by atoms with Gasteiger partial charge in [-0.2, -0.15) is 0 Å². The van der Waals surface area contributed by atoms with Gasteiger partial charge in [-0.3, -0.25) is 4.79 Å². The third kappa shape index (κ3) is 10.5. The molecule has 1 aliphatic rings. The number of halogens is 1. The summed E-state index contributed by atoms with van der Waals surface area (Å²) in [5.41, 5.74) is 0.629. The van der Waals surface area contributed by atoms with Gasteiger partial charge in [0.25, 0.3) is 0 Å². The molecule has 0 bridgehead atoms. The predicted octanol–water partition coefficient (Wildman–Crippen LogP) is 7.91. The molecule has 0 atom stereocenters. The average molecular weight is 441 g/mol. The Morgan fingerprint density at radius 3 is 2.11 bits per heavy atom. The van der Waals surface area contributed by atoms with E-state index in [0.717, 1.165) is 55.4 Å². The molecule has 27 heavy (non-hydrogen) atoms. The van der Waals surface area contributed by atoms with Crippen LogP contribution in [-0.2, 0) is 9.53 Å². The van der Waals surface area contributed by atoms with Crippen LogP contribution in [-0.4, -0.2) is 17.7 Å². The van der Waals surface area contributed by atoms with E-state index in [-0.39, 0.29) is 11.2 Å². The molecule has 2 nitrogen and oxygen atoms in total. The van der Waals surface area contributed by atoms with E-state index in [2.05, 4.69) is 28.1 Å². The van der Waals surface area contributed by atoms with Crippen molar-refractivity contribution in [1.82, 2.24) is 0 Å². The molecule has 3 heteroatoms. The van der Waals surface area contributed by atoms with Crippen molar-refractivity contribution in [1.29, 1.82) is 0 Å². The Hall–Kier alpha value is -0.570. The maximum atomic E-state index is 12.3. The number of hydrogen-bond acceptors (Lipinski definition) is 2. The zero-order chi connectivity index (χ0) is 20.0. The Morgan fingerprint density at radius 2 is 1.48 bits per heavy atom. The average Bonchev–Trinajstić information content (AvgIpc) is 2.65. The molecular formula is C24H41BrO2. The molecule has 0 radical (unpaired) electrons. The normalized spacial score (nSPS) is 17.1. The second kappa shape index (κ2) is 14.4. The molecule has 0 heterocycles. The van der Waals surface area contributed by atoms with E-state index in [1.807, 2.05) is 20.8 Å². The maximum Gasteiger partial charge on any atom is 0.167 e. The van der Waals surface area contributed by atoms with Gasteiger partial charge >= 0.3 is 0 Å². The Kier molecular flexibility index (Phi) is 13.1. The molecule has 0 aromatic carbocycles. The zero-order valence-electron chi connectivity index (χ0n) is 18.0. The molecule has 0 saturated carbocycles. The van der Waals surface area contributed by atoms with Crippen LogP contribution >= 0.6 is 15.9 Å². The number of rotatable bonds is 15. The van der Waals surface area contributed by atoms with Crippen molar-refractivity contribution in [3.8, 4) is 0 Å². The third-order valence-electron chi connectivity index (χ3n) is 5.56. The summed E-state index contributed by atoms with van der Waals surface area (Å²) in [4.78, 5) is 12.3. The summed E-state index contributed by atoms with van der Waals surface area (Å²) in [6.07, 6.45) is 20.6. The number of ether oxygens (including phenoxy) is 1. The van der Waals surface area contributed by atoms with E-state index in [0.29, 0.717) is 0 Å². The summed E-state index contributed by atoms with van der Waals surface area (Å²) in [6.45, 7) is 6.73. The van der Waals surface area contributed by atoms with Gasteiger partial charge in [0.1, 0.15) is 5.76 Å². The first-order valence-electron chi connectivity index (χ1n) is 11.1. The molecule has 0 aliphatic heterocycles. The number of allylic oxidation sites excluding steroid dienone is 4. The molecule has 1 rings (SSSR count). The second-order valence-corrected chi connectivity index (χ2v) is 9.32. The monoisotopic (exact) mass is 440 g/mol. The van der Waals surface area contributed by atoms with E-state index < -0.39 is 0 Å². The standard InChI is InChI=1S/C24H41BrO2/c1-21-22(17-18-24(2,3)23(21)26)27-20-16-14-12-10-8-6-4-5-7-9-11-13-15-19-25/h8,10H,4-7,9,11-20H2,1-3H3/b10-8-. The fourth-order valence-electron chi connectivity index (χ4n) is 3.58. The first-order chi connectivity index (χ1) is 13.0. The first-order valence-corrected chi connectivity index (χ1v) is 12.2. The first kappa shape index (κ1) is 24.5. The lowest BCUT2D eigenvalue weighted by molar-refractivity contribution is -0.124. The van der Waals surface area contributed by atoms with Gasteiger partial charge in [0.2, 0.25) is 0 Å². The zero-order valence-corrected chi connectivity index (χ0v) is 19.5. The number of carbonyl (C=O) groups is 1. The minimum Gasteiger partial charge on any atom is -0.498 e. The van der Waals surface area contributed by atoms with Crippen molar-refractivity contribution in [3.63, 3.8) is 0 Å². The minimum atomic E-state index is -0.213. The summed E-state index contributed by atoms with van der Waals surface area (Å²) >= 11 is 3.48. The number of carbonyl (C=O) groups excluding carboxylic acids is 1. The molecule has 0 aromatic rings. The van der Waals surface area contributed by atoms with E-state index in [1.165, 1.54) is 51.4 Å². The Labute approximate surface area is 176 Å². The lowest BCUT2D eigenvalue weighted by atomic mass is 9.76. The van der Waals surface area contributed by atoms with Crippen LogP contribution < -0.4 is 0 Å². The lowest BCUT2D eigenvalue weighted by Gasteiger charge is -2.30. The highest BCUT2D eigenvalue weighted by molar-refractivity contribution is 9.09. The summed E-state index contributed by atoms with van der Waals surface area (Å²) in [5.74, 6) is 1.19. The smallest absolute Gasteiger partial charge is 0.167 e. The van der Waals surface area contributed by atoms with Gasteiger partial charge in [-0.05, 0) is 51.9 Å². The van der Waals surface area contributed by atoms with Gasteiger partial charge in [0, 0.05) is 22.7 Å². The van der Waals surface area contributed by atoms with Crippen LogP contribution in [0.4, 0.5) is 0 Å². The molecule has 0 unspecified atom stereocenters. The van der Waals surface area contributed by atoms with Gasteiger partial charge in [-0.25, -0.2) is 0 Å². The van der Waals surface area contributed by atoms with Crippen LogP contribution in [0.2, 0.25) is 0 Å². The van der Waals surface area contributed by atoms with Crippen molar-refractivity contribution in [2.75, 3.05) is 11.9 Å². The quantitative estimate of drug-likeness (QED) is 0.147. The fraction of sp³-hybridized carbons (Fsp3) is 0.792. The van der Waals surface area contributed by atoms with Crippen LogP contribution in [0.1, 0.15) is 104 Å². The van der Waals surface area contributed by atoms with Crippen molar-refractivity contribution < 1.29 is 9.53 Å². The van der Waals surface area contributed by atoms with Crippen molar-refractivity contribution in [2.45, 2.75) is 104 Å². The summed E-state index contributed by atoms with van der Waals surface area (Å²) < 4.78 is 5.90. The maximum absolute atomic E-state index is 12.3. The second-order valence-electron chi connectivity index (χ2n) is 8.53. The summed E-state index contributed by atoms with van der Waals surface area (Å²) in [6, 6.07) is 0.